The molecule has 0 amide bonds. The second kappa shape index (κ2) is 21.3. The lowest BCUT2D eigenvalue weighted by Crippen LogP contribution is -1.99. The number of methoxy groups -OCH3 is 1. The molecular weight excluding hydrogens is 308 g/mol. The fourth-order valence-electron chi connectivity index (χ4n) is 3.22. The van der Waals surface area contributed by atoms with Crippen molar-refractivity contribution in [2.45, 2.75) is 122 Å². The maximum Gasteiger partial charge on any atom is 0.305 e. The highest BCUT2D eigenvalue weighted by Crippen LogP contribution is 2.14. The van der Waals surface area contributed by atoms with Crippen molar-refractivity contribution in [3.63, 3.8) is 0 Å². The van der Waals surface area contributed by atoms with Crippen LogP contribution in [0.5, 0.6) is 0 Å². The first-order valence-corrected chi connectivity index (χ1v) is 11.0. The summed E-state index contributed by atoms with van der Waals surface area (Å²) in [6.07, 6.45) is 27.9. The summed E-state index contributed by atoms with van der Waals surface area (Å²) in [4.78, 5) is 11.0. The summed E-state index contributed by atoms with van der Waals surface area (Å²) in [6.45, 7) is 2.20. The molecule has 148 valence electrons. The van der Waals surface area contributed by atoms with Crippen molar-refractivity contribution in [2.75, 3.05) is 7.11 Å². The van der Waals surface area contributed by atoms with Gasteiger partial charge in [0.15, 0.2) is 0 Å². The highest BCUT2D eigenvalue weighted by molar-refractivity contribution is 5.68. The van der Waals surface area contributed by atoms with E-state index in [2.05, 4.69) is 23.8 Å². The van der Waals surface area contributed by atoms with E-state index in [0.29, 0.717) is 6.42 Å². The average molecular weight is 353 g/mol. The summed E-state index contributed by atoms with van der Waals surface area (Å²) in [5, 5.41) is 0. The molecule has 0 spiro atoms. The van der Waals surface area contributed by atoms with Crippen LogP contribution in [0.15, 0.2) is 12.2 Å². The van der Waals surface area contributed by atoms with Crippen LogP contribution < -0.4 is 0 Å². The quantitative estimate of drug-likeness (QED) is 0.135. The minimum Gasteiger partial charge on any atom is -0.469 e. The first-order valence-electron chi connectivity index (χ1n) is 11.0. The molecule has 0 aromatic rings. The fraction of sp³-hybridized carbons (Fsp3) is 0.870. The summed E-state index contributed by atoms with van der Waals surface area (Å²) in [5.74, 6) is -0.0656. The second-order valence-corrected chi connectivity index (χ2v) is 7.30. The maximum absolute atomic E-state index is 11.0. The van der Waals surface area contributed by atoms with E-state index in [4.69, 9.17) is 0 Å². The molecule has 0 aliphatic carbocycles. The van der Waals surface area contributed by atoms with E-state index in [0.717, 1.165) is 6.42 Å². The van der Waals surface area contributed by atoms with Gasteiger partial charge in [-0.3, -0.25) is 4.79 Å². The van der Waals surface area contributed by atoms with E-state index in [9.17, 15) is 4.79 Å². The van der Waals surface area contributed by atoms with E-state index < -0.39 is 0 Å². The molecule has 0 aromatic carbocycles. The van der Waals surface area contributed by atoms with Gasteiger partial charge < -0.3 is 4.74 Å². The summed E-state index contributed by atoms with van der Waals surface area (Å²) in [6, 6.07) is 0. The van der Waals surface area contributed by atoms with Crippen molar-refractivity contribution in [1.82, 2.24) is 0 Å². The average Bonchev–Trinajstić information content (AvgIpc) is 2.63. The zero-order chi connectivity index (χ0) is 18.4. The fourth-order valence-corrected chi connectivity index (χ4v) is 3.22. The van der Waals surface area contributed by atoms with Crippen molar-refractivity contribution in [3.8, 4) is 0 Å². The monoisotopic (exact) mass is 352 g/mol. The molecule has 0 fully saturated rings. The van der Waals surface area contributed by atoms with Crippen molar-refractivity contribution >= 4 is 5.97 Å². The van der Waals surface area contributed by atoms with E-state index in [1.807, 2.05) is 0 Å². The Bertz CT molecular complexity index is 296. The van der Waals surface area contributed by atoms with Crippen LogP contribution in [0.2, 0.25) is 0 Å². The first kappa shape index (κ1) is 24.2. The molecule has 0 unspecified atom stereocenters. The van der Waals surface area contributed by atoms with Crippen LogP contribution in [0, 0.1) is 0 Å². The Balaban J connectivity index is 3.03. The molecule has 0 bridgehead atoms. The highest BCUT2D eigenvalue weighted by atomic mass is 16.5. The third-order valence-electron chi connectivity index (χ3n) is 4.88. The predicted molar refractivity (Wildman–Crippen MR) is 110 cm³/mol. The SMILES string of the molecule is CCC=CCCCCCCCCCCCCCCCCCC(=O)OC. The second-order valence-electron chi connectivity index (χ2n) is 7.30. The zero-order valence-electron chi connectivity index (χ0n) is 17.2. The molecular formula is C23H44O2. The van der Waals surface area contributed by atoms with Gasteiger partial charge in [-0.1, -0.05) is 103 Å². The smallest absolute Gasteiger partial charge is 0.305 e. The largest absolute Gasteiger partial charge is 0.469 e. The molecule has 0 saturated heterocycles. The Morgan fingerprint density at radius 3 is 1.44 bits per heavy atom. The van der Waals surface area contributed by atoms with Crippen LogP contribution >= 0.6 is 0 Å². The lowest BCUT2D eigenvalue weighted by atomic mass is 10.0. The number of carbonyl (C=O) groups is 1. The zero-order valence-corrected chi connectivity index (χ0v) is 17.2. The van der Waals surface area contributed by atoms with Crippen LogP contribution in [-0.4, -0.2) is 13.1 Å². The topological polar surface area (TPSA) is 26.3 Å². The Morgan fingerprint density at radius 1 is 0.640 bits per heavy atom. The molecule has 0 rings (SSSR count). The molecule has 2 heteroatoms. The van der Waals surface area contributed by atoms with Crippen molar-refractivity contribution in [2.24, 2.45) is 0 Å². The molecule has 25 heavy (non-hydrogen) atoms. The molecule has 0 aromatic heterocycles. The van der Waals surface area contributed by atoms with Gasteiger partial charge in [0.1, 0.15) is 0 Å². The van der Waals surface area contributed by atoms with E-state index in [1.54, 1.807) is 0 Å². The first-order chi connectivity index (χ1) is 12.3. The third kappa shape index (κ3) is 21.2. The number of carbonyl (C=O) groups excluding carboxylic acids is 1. The molecule has 0 aliphatic heterocycles. The number of allylic oxidation sites excluding steroid dienone is 2. The lowest BCUT2D eigenvalue weighted by molar-refractivity contribution is -0.140. The molecule has 0 radical (unpaired) electrons. The maximum atomic E-state index is 11.0. The minimum absolute atomic E-state index is 0.0656. The number of hydrogen-bond donors (Lipinski definition) is 0. The lowest BCUT2D eigenvalue weighted by Gasteiger charge is -2.03. The Morgan fingerprint density at radius 2 is 1.04 bits per heavy atom. The molecule has 0 aliphatic rings. The molecule has 0 saturated carbocycles. The molecule has 2 nitrogen and oxygen atoms in total. The van der Waals surface area contributed by atoms with Crippen LogP contribution in [0.1, 0.15) is 122 Å². The highest BCUT2D eigenvalue weighted by Gasteiger charge is 1.99. The summed E-state index contributed by atoms with van der Waals surface area (Å²) >= 11 is 0. The standard InChI is InChI=1S/C23H44O2/c1-3-4-5-6-7-8-9-10-11-12-13-14-15-16-17-18-19-20-21-22-23(24)25-2/h4-5H,3,6-22H2,1-2H3. The number of rotatable bonds is 19. The molecule has 0 heterocycles. The van der Waals surface area contributed by atoms with Gasteiger partial charge in [0.2, 0.25) is 0 Å². The van der Waals surface area contributed by atoms with Crippen molar-refractivity contribution in [3.05, 3.63) is 12.2 Å². The van der Waals surface area contributed by atoms with Crippen LogP contribution in [0.3, 0.4) is 0 Å². The van der Waals surface area contributed by atoms with Crippen LogP contribution in [-0.2, 0) is 9.53 Å². The number of ether oxygens (including phenoxy) is 1. The third-order valence-corrected chi connectivity index (χ3v) is 4.88. The van der Waals surface area contributed by atoms with Gasteiger partial charge in [0, 0.05) is 6.42 Å². The van der Waals surface area contributed by atoms with E-state index in [-0.39, 0.29) is 5.97 Å². The minimum atomic E-state index is -0.0656. The van der Waals surface area contributed by atoms with Crippen molar-refractivity contribution in [1.29, 1.82) is 0 Å². The van der Waals surface area contributed by atoms with Gasteiger partial charge in [0.05, 0.1) is 7.11 Å². The number of unbranched alkanes of at least 4 members (excludes halogenated alkanes) is 15. The molecule has 0 N–H and O–H groups in total. The number of hydrogen-bond acceptors (Lipinski definition) is 2. The van der Waals surface area contributed by atoms with Gasteiger partial charge in [-0.2, -0.15) is 0 Å². The van der Waals surface area contributed by atoms with Crippen LogP contribution in [0.25, 0.3) is 0 Å². The number of esters is 1. The van der Waals surface area contributed by atoms with Gasteiger partial charge in [-0.25, -0.2) is 0 Å². The van der Waals surface area contributed by atoms with Gasteiger partial charge in [-0.05, 0) is 25.7 Å². The Labute approximate surface area is 157 Å². The summed E-state index contributed by atoms with van der Waals surface area (Å²) in [7, 11) is 1.47. The summed E-state index contributed by atoms with van der Waals surface area (Å²) in [5.41, 5.74) is 0. The van der Waals surface area contributed by atoms with Crippen molar-refractivity contribution < 1.29 is 9.53 Å². The van der Waals surface area contributed by atoms with Gasteiger partial charge in [0.25, 0.3) is 0 Å². The Hall–Kier alpha value is -0.790. The predicted octanol–water partition coefficient (Wildman–Crippen LogP) is 7.76. The summed E-state index contributed by atoms with van der Waals surface area (Å²) < 4.78 is 4.65. The normalized spacial score (nSPS) is 11.3. The molecule has 0 atom stereocenters. The van der Waals surface area contributed by atoms with Crippen LogP contribution in [0.4, 0.5) is 0 Å². The van der Waals surface area contributed by atoms with E-state index in [1.165, 1.54) is 110 Å². The van der Waals surface area contributed by atoms with E-state index >= 15 is 0 Å². The van der Waals surface area contributed by atoms with Gasteiger partial charge in [-0.15, -0.1) is 0 Å². The Kier molecular flexibility index (Phi) is 20.6. The van der Waals surface area contributed by atoms with Gasteiger partial charge >= 0.3 is 5.97 Å².